The fraction of sp³-hybridized carbons (Fsp3) is 0.182. The van der Waals surface area contributed by atoms with Crippen LogP contribution in [0.15, 0.2) is 49.1 Å². The summed E-state index contributed by atoms with van der Waals surface area (Å²) in [5, 5.41) is 25.9. The minimum absolute atomic E-state index is 0.00659. The van der Waals surface area contributed by atoms with Gasteiger partial charge < -0.3 is 19.9 Å². The summed E-state index contributed by atoms with van der Waals surface area (Å²) in [6.45, 7) is -0.397. The average Bonchev–Trinajstić information content (AvgIpc) is 3.30. The van der Waals surface area contributed by atoms with Crippen molar-refractivity contribution in [3.05, 3.63) is 64.7 Å². The number of aliphatic hydroxyl groups excluding tert-OH is 1. The topological polar surface area (TPSA) is 148 Å². The normalized spacial score (nSPS) is 11.7. The average molecular weight is 514 g/mol. The van der Waals surface area contributed by atoms with Crippen LogP contribution in [-0.4, -0.2) is 61.7 Å². The summed E-state index contributed by atoms with van der Waals surface area (Å²) in [6, 6.07) is 10.1. The first-order valence-electron chi connectivity index (χ1n) is 10.2. The van der Waals surface area contributed by atoms with Gasteiger partial charge in [0.1, 0.15) is 23.6 Å². The van der Waals surface area contributed by atoms with E-state index in [0.29, 0.717) is 32.3 Å². The number of fused-ring (bicyclic) bond motifs is 1. The predicted molar refractivity (Wildman–Crippen MR) is 127 cm³/mol. The Balaban J connectivity index is 1.62. The number of aliphatic hydroxyl groups is 1. The number of rotatable bonds is 9. The molecule has 13 heteroatoms. The molecule has 0 bridgehead atoms. The third-order valence-corrected chi connectivity index (χ3v) is 5.49. The molecule has 0 unspecified atom stereocenters. The van der Waals surface area contributed by atoms with E-state index in [2.05, 4.69) is 25.4 Å². The fourth-order valence-corrected chi connectivity index (χ4v) is 3.42. The van der Waals surface area contributed by atoms with E-state index in [1.807, 2.05) is 6.07 Å². The second-order valence-corrected chi connectivity index (χ2v) is 7.77. The van der Waals surface area contributed by atoms with Crippen LogP contribution >= 0.6 is 23.2 Å². The van der Waals surface area contributed by atoms with Gasteiger partial charge in [0.2, 0.25) is 12.0 Å². The van der Waals surface area contributed by atoms with Gasteiger partial charge in [-0.1, -0.05) is 29.3 Å². The van der Waals surface area contributed by atoms with Crippen molar-refractivity contribution in [3.63, 3.8) is 0 Å². The molecular formula is C22H17Cl2N7O4. The molecule has 0 saturated carbocycles. The van der Waals surface area contributed by atoms with Gasteiger partial charge in [-0.3, -0.25) is 4.79 Å². The molecule has 4 aromatic rings. The maximum absolute atomic E-state index is 12.9. The van der Waals surface area contributed by atoms with Crippen molar-refractivity contribution in [2.75, 3.05) is 25.1 Å². The number of carbonyl (C=O) groups is 1. The summed E-state index contributed by atoms with van der Waals surface area (Å²) in [5.41, 5.74) is 1.23. The molecule has 2 N–H and O–H groups in total. The number of hydrogen-bond acceptors (Lipinski definition) is 9. The van der Waals surface area contributed by atoms with E-state index in [4.69, 9.17) is 43.0 Å². The number of nitrogens with zero attached hydrogens (tertiary/aromatic N) is 6. The minimum Gasteiger partial charge on any atom is -0.461 e. The van der Waals surface area contributed by atoms with Crippen LogP contribution < -0.4 is 10.1 Å². The van der Waals surface area contributed by atoms with E-state index in [1.165, 1.54) is 35.5 Å². The van der Waals surface area contributed by atoms with Crippen LogP contribution in [0.3, 0.4) is 0 Å². The smallest absolute Gasteiger partial charge is 0.269 e. The molecule has 35 heavy (non-hydrogen) atoms. The van der Waals surface area contributed by atoms with Crippen molar-refractivity contribution in [1.82, 2.24) is 24.7 Å². The van der Waals surface area contributed by atoms with Crippen LogP contribution in [0, 0.1) is 11.3 Å². The van der Waals surface area contributed by atoms with E-state index in [0.717, 1.165) is 0 Å². The highest BCUT2D eigenvalue weighted by molar-refractivity contribution is 6.43. The van der Waals surface area contributed by atoms with Gasteiger partial charge in [0.05, 0.1) is 47.3 Å². The second kappa shape index (κ2) is 11.1. The van der Waals surface area contributed by atoms with Crippen molar-refractivity contribution in [2.45, 2.75) is 6.10 Å². The van der Waals surface area contributed by atoms with Gasteiger partial charge in [0.25, 0.3) is 5.91 Å². The summed E-state index contributed by atoms with van der Waals surface area (Å²) >= 11 is 12.5. The Morgan fingerprint density at radius 2 is 2.06 bits per heavy atom. The van der Waals surface area contributed by atoms with Crippen LogP contribution in [0.2, 0.25) is 10.0 Å². The molecule has 0 aliphatic rings. The van der Waals surface area contributed by atoms with Crippen molar-refractivity contribution < 1.29 is 19.4 Å². The highest BCUT2D eigenvalue weighted by Crippen LogP contribution is 2.31. The SMILES string of the molecule is N#Cc1ccc(NC(=O)[C@H](COCCO)Oc2ncnc3c2cnn3-c2cccc(Cl)c2Cl)nc1. The molecule has 3 heterocycles. The number of nitrogens with one attached hydrogen (secondary N) is 1. The number of ether oxygens (including phenoxy) is 2. The highest BCUT2D eigenvalue weighted by atomic mass is 35.5. The van der Waals surface area contributed by atoms with Gasteiger partial charge in [0.15, 0.2) is 5.65 Å². The molecule has 0 saturated heterocycles. The van der Waals surface area contributed by atoms with Crippen molar-refractivity contribution in [1.29, 1.82) is 5.26 Å². The molecule has 1 amide bonds. The number of aromatic nitrogens is 5. The lowest BCUT2D eigenvalue weighted by molar-refractivity contribution is -0.125. The first-order valence-corrected chi connectivity index (χ1v) is 10.9. The lowest BCUT2D eigenvalue weighted by atomic mass is 10.3. The maximum Gasteiger partial charge on any atom is 0.269 e. The van der Waals surface area contributed by atoms with Crippen LogP contribution in [0.5, 0.6) is 5.88 Å². The lowest BCUT2D eigenvalue weighted by Crippen LogP contribution is -2.37. The van der Waals surface area contributed by atoms with Crippen LogP contribution in [-0.2, 0) is 9.53 Å². The summed E-state index contributed by atoms with van der Waals surface area (Å²) in [4.78, 5) is 25.4. The van der Waals surface area contributed by atoms with Crippen LogP contribution in [0.4, 0.5) is 5.82 Å². The molecule has 4 rings (SSSR count). The van der Waals surface area contributed by atoms with Crippen LogP contribution in [0.25, 0.3) is 16.7 Å². The maximum atomic E-state index is 12.9. The monoisotopic (exact) mass is 513 g/mol. The van der Waals surface area contributed by atoms with Gasteiger partial charge in [-0.15, -0.1) is 0 Å². The number of hydrogen-bond donors (Lipinski definition) is 2. The summed E-state index contributed by atoms with van der Waals surface area (Å²) in [5.74, 6) is -0.266. The number of benzene rings is 1. The molecule has 1 aromatic carbocycles. The molecule has 11 nitrogen and oxygen atoms in total. The lowest BCUT2D eigenvalue weighted by Gasteiger charge is -2.18. The molecule has 0 radical (unpaired) electrons. The van der Waals surface area contributed by atoms with Crippen molar-refractivity contribution in [2.24, 2.45) is 0 Å². The van der Waals surface area contributed by atoms with Crippen molar-refractivity contribution in [3.8, 4) is 17.6 Å². The van der Waals surface area contributed by atoms with E-state index in [1.54, 1.807) is 18.2 Å². The van der Waals surface area contributed by atoms with Crippen molar-refractivity contribution >= 4 is 46.0 Å². The van der Waals surface area contributed by atoms with Gasteiger partial charge in [-0.05, 0) is 24.3 Å². The molecule has 0 aliphatic carbocycles. The quantitative estimate of drug-likeness (QED) is 0.322. The molecule has 3 aromatic heterocycles. The minimum atomic E-state index is -1.16. The summed E-state index contributed by atoms with van der Waals surface area (Å²) < 4.78 is 12.7. The summed E-state index contributed by atoms with van der Waals surface area (Å²) in [7, 11) is 0. The van der Waals surface area contributed by atoms with Gasteiger partial charge in [-0.25, -0.2) is 19.6 Å². The summed E-state index contributed by atoms with van der Waals surface area (Å²) in [6.07, 6.45) is 2.92. The standard InChI is InChI=1S/C22H17Cl2N7O4/c23-15-2-1-3-16(19(15)24)31-20-14(10-29-31)22(28-12-27-20)35-17(11-34-7-6-32)21(33)30-18-5-4-13(8-25)9-26-18/h1-5,9-10,12,17,32H,6-7,11H2,(H,26,30,33)/t17-/m0/s1. The van der Waals surface area contributed by atoms with Gasteiger partial charge >= 0.3 is 0 Å². The van der Waals surface area contributed by atoms with Crippen LogP contribution in [0.1, 0.15) is 5.56 Å². The molecule has 0 aliphatic heterocycles. The fourth-order valence-electron chi connectivity index (χ4n) is 3.04. The van der Waals surface area contributed by atoms with E-state index in [9.17, 15) is 4.79 Å². The molecular weight excluding hydrogens is 497 g/mol. The number of carbonyl (C=O) groups excluding carboxylic acids is 1. The molecule has 0 spiro atoms. The predicted octanol–water partition coefficient (Wildman–Crippen LogP) is 2.78. The Kier molecular flexibility index (Phi) is 7.69. The molecule has 178 valence electrons. The Morgan fingerprint density at radius 1 is 1.20 bits per heavy atom. The van der Waals surface area contributed by atoms with E-state index < -0.39 is 12.0 Å². The molecule has 0 fully saturated rings. The number of amides is 1. The number of anilines is 1. The Hall–Kier alpha value is -3.82. The zero-order valence-corrected chi connectivity index (χ0v) is 19.4. The zero-order chi connectivity index (χ0) is 24.8. The number of nitriles is 1. The first kappa shape index (κ1) is 24.3. The molecule has 1 atom stereocenters. The highest BCUT2D eigenvalue weighted by Gasteiger charge is 2.24. The van der Waals surface area contributed by atoms with E-state index >= 15 is 0 Å². The third kappa shape index (κ3) is 5.47. The largest absolute Gasteiger partial charge is 0.461 e. The Labute approximate surface area is 208 Å². The number of pyridine rings is 1. The Bertz CT molecular complexity index is 1390. The second-order valence-electron chi connectivity index (χ2n) is 6.98. The third-order valence-electron chi connectivity index (χ3n) is 4.68. The zero-order valence-electron chi connectivity index (χ0n) is 17.9. The van der Waals surface area contributed by atoms with Gasteiger partial charge in [0, 0.05) is 6.20 Å². The number of halogens is 2. The van der Waals surface area contributed by atoms with E-state index in [-0.39, 0.29) is 31.5 Å². The Morgan fingerprint density at radius 3 is 2.80 bits per heavy atom. The van der Waals surface area contributed by atoms with Gasteiger partial charge in [-0.2, -0.15) is 10.4 Å². The first-order chi connectivity index (χ1) is 17.0.